The van der Waals surface area contributed by atoms with Crippen LogP contribution in [0, 0.1) is 13.8 Å². The summed E-state index contributed by atoms with van der Waals surface area (Å²) in [5.74, 6) is -0.946. The van der Waals surface area contributed by atoms with Gasteiger partial charge in [0, 0.05) is 29.7 Å². The number of carboxylic acids is 1. The van der Waals surface area contributed by atoms with E-state index in [1.165, 1.54) is 16.8 Å². The average Bonchev–Trinajstić information content (AvgIpc) is 2.63. The second-order valence-electron chi connectivity index (χ2n) is 4.10. The molecule has 0 atom stereocenters. The summed E-state index contributed by atoms with van der Waals surface area (Å²) in [6, 6.07) is 3.06. The van der Waals surface area contributed by atoms with Crippen LogP contribution in [0.2, 0.25) is 0 Å². The maximum Gasteiger partial charge on any atom is 0.325 e. The van der Waals surface area contributed by atoms with Crippen molar-refractivity contribution in [2.75, 3.05) is 0 Å². The lowest BCUT2D eigenvalue weighted by atomic mass is 10.3. The third-order valence-corrected chi connectivity index (χ3v) is 2.58. The minimum atomic E-state index is -0.946. The van der Waals surface area contributed by atoms with Crippen molar-refractivity contribution in [1.29, 1.82) is 0 Å². The van der Waals surface area contributed by atoms with Gasteiger partial charge in [0.1, 0.15) is 6.54 Å². The average molecular weight is 247 g/mol. The van der Waals surface area contributed by atoms with Gasteiger partial charge in [0.05, 0.1) is 11.9 Å². The Morgan fingerprint density at radius 1 is 1.33 bits per heavy atom. The minimum absolute atomic E-state index is 0.0424. The fraction of sp³-hybridized carbons (Fsp3) is 0.250. The minimum Gasteiger partial charge on any atom is -0.480 e. The number of hydrogen-bond acceptors (Lipinski definition) is 3. The van der Waals surface area contributed by atoms with E-state index in [9.17, 15) is 9.59 Å². The number of carboxylic acid groups (broad SMARTS) is 1. The third-order valence-electron chi connectivity index (χ3n) is 2.58. The van der Waals surface area contributed by atoms with Crippen LogP contribution in [0.25, 0.3) is 5.69 Å². The molecule has 6 heteroatoms. The van der Waals surface area contributed by atoms with Gasteiger partial charge in [-0.25, -0.2) is 0 Å². The zero-order valence-electron chi connectivity index (χ0n) is 10.1. The SMILES string of the molecule is Cc1cc(=O)cc(C)n1-c1cnn(CC(=O)O)c1. The smallest absolute Gasteiger partial charge is 0.325 e. The zero-order chi connectivity index (χ0) is 13.3. The van der Waals surface area contributed by atoms with E-state index in [1.807, 2.05) is 18.4 Å². The summed E-state index contributed by atoms with van der Waals surface area (Å²) < 4.78 is 3.20. The summed E-state index contributed by atoms with van der Waals surface area (Å²) in [6.07, 6.45) is 3.21. The highest BCUT2D eigenvalue weighted by atomic mass is 16.4. The van der Waals surface area contributed by atoms with Gasteiger partial charge < -0.3 is 9.67 Å². The van der Waals surface area contributed by atoms with Gasteiger partial charge in [-0.1, -0.05) is 0 Å². The van der Waals surface area contributed by atoms with E-state index >= 15 is 0 Å². The summed E-state index contributed by atoms with van der Waals surface area (Å²) in [7, 11) is 0. The number of aromatic nitrogens is 3. The van der Waals surface area contributed by atoms with Crippen molar-refractivity contribution in [2.45, 2.75) is 20.4 Å². The van der Waals surface area contributed by atoms with Crippen molar-refractivity contribution < 1.29 is 9.90 Å². The first-order valence-corrected chi connectivity index (χ1v) is 5.42. The van der Waals surface area contributed by atoms with Crippen LogP contribution in [0.4, 0.5) is 0 Å². The molecule has 0 bridgehead atoms. The fourth-order valence-corrected chi connectivity index (χ4v) is 1.96. The molecule has 0 radical (unpaired) electrons. The summed E-state index contributed by atoms with van der Waals surface area (Å²) in [4.78, 5) is 21.9. The quantitative estimate of drug-likeness (QED) is 0.867. The van der Waals surface area contributed by atoms with Gasteiger partial charge in [-0.05, 0) is 13.8 Å². The summed E-state index contributed by atoms with van der Waals surface area (Å²) in [5.41, 5.74) is 2.27. The fourth-order valence-electron chi connectivity index (χ4n) is 1.96. The maximum atomic E-state index is 11.3. The van der Waals surface area contributed by atoms with Gasteiger partial charge in [0.2, 0.25) is 0 Å². The molecule has 0 aliphatic heterocycles. The van der Waals surface area contributed by atoms with E-state index in [-0.39, 0.29) is 12.0 Å². The van der Waals surface area contributed by atoms with Crippen LogP contribution in [0.15, 0.2) is 29.3 Å². The monoisotopic (exact) mass is 247 g/mol. The van der Waals surface area contributed by atoms with E-state index in [0.29, 0.717) is 0 Å². The molecule has 0 spiro atoms. The second kappa shape index (κ2) is 4.48. The van der Waals surface area contributed by atoms with Crippen LogP contribution in [-0.2, 0) is 11.3 Å². The van der Waals surface area contributed by atoms with Crippen molar-refractivity contribution in [3.63, 3.8) is 0 Å². The normalized spacial score (nSPS) is 10.6. The van der Waals surface area contributed by atoms with Gasteiger partial charge in [-0.15, -0.1) is 0 Å². The molecule has 2 aromatic heterocycles. The van der Waals surface area contributed by atoms with Crippen molar-refractivity contribution in [3.05, 3.63) is 46.1 Å². The van der Waals surface area contributed by atoms with Gasteiger partial charge in [0.25, 0.3) is 0 Å². The number of hydrogen-bond donors (Lipinski definition) is 1. The van der Waals surface area contributed by atoms with E-state index < -0.39 is 5.97 Å². The number of aryl methyl sites for hydroxylation is 2. The topological polar surface area (TPSA) is 77.1 Å². The Kier molecular flexibility index (Phi) is 3.01. The number of rotatable bonds is 3. The molecule has 0 aromatic carbocycles. The predicted octanol–water partition coefficient (Wildman–Crippen LogP) is 0.735. The van der Waals surface area contributed by atoms with E-state index in [1.54, 1.807) is 12.4 Å². The molecule has 2 aromatic rings. The third kappa shape index (κ3) is 2.32. The molecule has 0 saturated heterocycles. The first-order valence-electron chi connectivity index (χ1n) is 5.42. The molecular weight excluding hydrogens is 234 g/mol. The summed E-state index contributed by atoms with van der Waals surface area (Å²) in [5, 5.41) is 12.7. The zero-order valence-corrected chi connectivity index (χ0v) is 10.1. The molecule has 0 amide bonds. The highest BCUT2D eigenvalue weighted by Crippen LogP contribution is 2.12. The molecular formula is C12H13N3O3. The Bertz CT molecular complexity index is 629. The van der Waals surface area contributed by atoms with Crippen LogP contribution in [-0.4, -0.2) is 25.4 Å². The number of nitrogens with zero attached hydrogens (tertiary/aromatic N) is 3. The van der Waals surface area contributed by atoms with Crippen molar-refractivity contribution in [2.24, 2.45) is 0 Å². The van der Waals surface area contributed by atoms with Crippen molar-refractivity contribution in [3.8, 4) is 5.69 Å². The standard InChI is InChI=1S/C12H13N3O3/c1-8-3-11(16)4-9(2)15(8)10-5-13-14(6-10)7-12(17)18/h3-6H,7H2,1-2H3,(H,17,18). The lowest BCUT2D eigenvalue weighted by Gasteiger charge is -2.11. The lowest BCUT2D eigenvalue weighted by Crippen LogP contribution is -2.11. The Hall–Kier alpha value is -2.37. The first-order chi connectivity index (χ1) is 8.47. The van der Waals surface area contributed by atoms with Crippen LogP contribution in [0.3, 0.4) is 0 Å². The molecule has 0 saturated carbocycles. The molecule has 0 aliphatic carbocycles. The molecule has 1 N–H and O–H groups in total. The number of aliphatic carboxylic acids is 1. The number of pyridine rings is 1. The van der Waals surface area contributed by atoms with Gasteiger partial charge >= 0.3 is 5.97 Å². The molecule has 0 fully saturated rings. The Balaban J connectivity index is 2.46. The maximum absolute atomic E-state index is 11.3. The molecule has 2 rings (SSSR count). The Labute approximate surface area is 103 Å². The Morgan fingerprint density at radius 2 is 1.94 bits per heavy atom. The van der Waals surface area contributed by atoms with E-state index in [0.717, 1.165) is 17.1 Å². The van der Waals surface area contributed by atoms with Crippen molar-refractivity contribution >= 4 is 5.97 Å². The highest BCUT2D eigenvalue weighted by molar-refractivity contribution is 5.66. The van der Waals surface area contributed by atoms with Crippen LogP contribution < -0.4 is 5.43 Å². The van der Waals surface area contributed by atoms with E-state index in [4.69, 9.17) is 5.11 Å². The number of carbonyl (C=O) groups is 1. The van der Waals surface area contributed by atoms with Gasteiger partial charge in [0.15, 0.2) is 5.43 Å². The molecule has 94 valence electrons. The molecule has 2 heterocycles. The summed E-state index contributed by atoms with van der Waals surface area (Å²) >= 11 is 0. The van der Waals surface area contributed by atoms with Crippen LogP contribution >= 0.6 is 0 Å². The Morgan fingerprint density at radius 3 is 2.50 bits per heavy atom. The van der Waals surface area contributed by atoms with Gasteiger partial charge in [-0.3, -0.25) is 14.3 Å². The molecule has 0 unspecified atom stereocenters. The largest absolute Gasteiger partial charge is 0.480 e. The second-order valence-corrected chi connectivity index (χ2v) is 4.10. The molecule has 6 nitrogen and oxygen atoms in total. The van der Waals surface area contributed by atoms with Gasteiger partial charge in [-0.2, -0.15) is 5.10 Å². The molecule has 18 heavy (non-hydrogen) atoms. The highest BCUT2D eigenvalue weighted by Gasteiger charge is 2.07. The molecule has 0 aliphatic rings. The van der Waals surface area contributed by atoms with E-state index in [2.05, 4.69) is 5.10 Å². The van der Waals surface area contributed by atoms with Crippen LogP contribution in [0.1, 0.15) is 11.4 Å². The lowest BCUT2D eigenvalue weighted by molar-refractivity contribution is -0.137. The van der Waals surface area contributed by atoms with Crippen LogP contribution in [0.5, 0.6) is 0 Å². The van der Waals surface area contributed by atoms with Crippen molar-refractivity contribution in [1.82, 2.24) is 14.3 Å². The first kappa shape index (κ1) is 12.1. The predicted molar refractivity (Wildman–Crippen MR) is 64.9 cm³/mol. The summed E-state index contributed by atoms with van der Waals surface area (Å²) in [6.45, 7) is 3.46.